The summed E-state index contributed by atoms with van der Waals surface area (Å²) >= 11 is 8.03. The van der Waals surface area contributed by atoms with E-state index >= 15 is 0 Å². The normalized spacial score (nSPS) is 15.4. The number of thioether (sulfide) groups is 1. The van der Waals surface area contributed by atoms with Gasteiger partial charge in [0.1, 0.15) is 5.02 Å². The van der Waals surface area contributed by atoms with Gasteiger partial charge >= 0.3 is 0 Å². The number of hydrogen-bond donors (Lipinski definition) is 1. The Hall–Kier alpha value is -2.95. The molecule has 8 nitrogen and oxygen atoms in total. The smallest absolute Gasteiger partial charge is 0.293 e. The zero-order valence-corrected chi connectivity index (χ0v) is 17.6. The first-order valence-electron chi connectivity index (χ1n) is 8.52. The molecule has 30 heavy (non-hydrogen) atoms. The monoisotopic (exact) mass is 463 g/mol. The molecule has 0 saturated carbocycles. The highest BCUT2D eigenvalue weighted by Crippen LogP contribution is 2.33. The first kappa shape index (κ1) is 21.8. The Kier molecular flexibility index (Phi) is 7.03. The molecule has 0 radical (unpaired) electrons. The van der Waals surface area contributed by atoms with Crippen LogP contribution in [0.15, 0.2) is 46.0 Å². The Labute approximate surface area is 184 Å². The maximum absolute atomic E-state index is 12.5. The van der Waals surface area contributed by atoms with Gasteiger partial charge in [0.2, 0.25) is 5.91 Å². The molecule has 154 valence electrons. The van der Waals surface area contributed by atoms with Crippen LogP contribution < -0.4 is 5.32 Å². The van der Waals surface area contributed by atoms with Crippen LogP contribution in [0, 0.1) is 10.1 Å². The number of rotatable bonds is 7. The Morgan fingerprint density at radius 2 is 2.07 bits per heavy atom. The summed E-state index contributed by atoms with van der Waals surface area (Å²) in [5.41, 5.74) is 1.000. The summed E-state index contributed by atoms with van der Waals surface area (Å²) < 4.78 is 0. The summed E-state index contributed by atoms with van der Waals surface area (Å²) in [6.07, 6.45) is 4.44. The number of benzene rings is 1. The highest BCUT2D eigenvalue weighted by Gasteiger charge is 2.34. The topological polar surface area (TPSA) is 110 Å². The molecule has 11 heteroatoms. The van der Waals surface area contributed by atoms with E-state index in [1.165, 1.54) is 41.7 Å². The van der Waals surface area contributed by atoms with Crippen molar-refractivity contribution in [2.45, 2.75) is 0 Å². The fourth-order valence-corrected chi connectivity index (χ4v) is 4.18. The molecule has 1 N–H and O–H groups in total. The molecule has 1 aliphatic rings. The number of nitrogens with one attached hydrogen (secondary N) is 1. The zero-order chi connectivity index (χ0) is 21.7. The average Bonchev–Trinajstić information content (AvgIpc) is 3.31. The van der Waals surface area contributed by atoms with Crippen LogP contribution in [0.2, 0.25) is 5.02 Å². The average molecular weight is 464 g/mol. The Bertz CT molecular complexity index is 1070. The van der Waals surface area contributed by atoms with E-state index in [0.717, 1.165) is 22.2 Å². The van der Waals surface area contributed by atoms with Gasteiger partial charge in [-0.05, 0) is 57.9 Å². The Balaban J connectivity index is 1.59. The third-order valence-electron chi connectivity index (χ3n) is 3.94. The lowest BCUT2D eigenvalue weighted by Crippen LogP contribution is -2.36. The standard InChI is InChI=1S/C19H14ClN3O5S2/c20-14-3-1-13(9-15(14)23(27)28)10-16-18(25)22(19(26)30-16)7-6-21-17(24)4-2-12-5-8-29-11-12/h1-5,8-11H,6-7H2,(H,21,24)/b4-2+,16-10-. The summed E-state index contributed by atoms with van der Waals surface area (Å²) in [6, 6.07) is 5.98. The number of amides is 3. The van der Waals surface area contributed by atoms with Gasteiger partial charge in [0.15, 0.2) is 0 Å². The third-order valence-corrected chi connectivity index (χ3v) is 5.87. The molecular formula is C19H14ClN3O5S2. The predicted octanol–water partition coefficient (Wildman–Crippen LogP) is 4.18. The summed E-state index contributed by atoms with van der Waals surface area (Å²) in [4.78, 5) is 48.0. The first-order chi connectivity index (χ1) is 14.3. The number of nitro groups is 1. The lowest BCUT2D eigenvalue weighted by Gasteiger charge is -2.12. The second kappa shape index (κ2) is 9.70. The second-order valence-electron chi connectivity index (χ2n) is 5.98. The van der Waals surface area contributed by atoms with Crippen LogP contribution in [0.25, 0.3) is 12.2 Å². The van der Waals surface area contributed by atoms with E-state index in [-0.39, 0.29) is 34.6 Å². The molecule has 0 aliphatic carbocycles. The molecule has 1 fully saturated rings. The molecule has 3 amide bonds. The molecule has 1 aromatic heterocycles. The number of imide groups is 1. The van der Waals surface area contributed by atoms with E-state index in [0.29, 0.717) is 5.56 Å². The number of carbonyl (C=O) groups is 3. The van der Waals surface area contributed by atoms with Gasteiger partial charge in [-0.1, -0.05) is 17.7 Å². The van der Waals surface area contributed by atoms with Crippen molar-refractivity contribution in [2.24, 2.45) is 0 Å². The number of nitrogens with zero attached hydrogens (tertiary/aromatic N) is 2. The van der Waals surface area contributed by atoms with Crippen LogP contribution in [0.3, 0.4) is 0 Å². The molecule has 0 atom stereocenters. The summed E-state index contributed by atoms with van der Waals surface area (Å²) in [5.74, 6) is -0.858. The van der Waals surface area contributed by atoms with Gasteiger partial charge in [-0.25, -0.2) is 0 Å². The van der Waals surface area contributed by atoms with Crippen LogP contribution in [0.1, 0.15) is 11.1 Å². The second-order valence-corrected chi connectivity index (χ2v) is 8.16. The molecule has 1 aliphatic heterocycles. The minimum atomic E-state index is -0.624. The number of hydrogen-bond acceptors (Lipinski definition) is 7. The molecule has 2 heterocycles. The maximum Gasteiger partial charge on any atom is 0.293 e. The highest BCUT2D eigenvalue weighted by atomic mass is 35.5. The van der Waals surface area contributed by atoms with E-state index in [9.17, 15) is 24.5 Å². The minimum absolute atomic E-state index is 0.0147. The van der Waals surface area contributed by atoms with Gasteiger partial charge in [0.05, 0.1) is 9.83 Å². The molecule has 3 rings (SSSR count). The van der Waals surface area contributed by atoms with Crippen molar-refractivity contribution in [1.29, 1.82) is 0 Å². The fraction of sp³-hybridized carbons (Fsp3) is 0.105. The van der Waals surface area contributed by atoms with Crippen LogP contribution in [-0.4, -0.2) is 40.0 Å². The number of carbonyl (C=O) groups excluding carboxylic acids is 3. The summed E-state index contributed by atoms with van der Waals surface area (Å²) in [7, 11) is 0. The molecule has 0 spiro atoms. The van der Waals surface area contributed by atoms with Crippen molar-refractivity contribution in [1.82, 2.24) is 10.2 Å². The summed E-state index contributed by atoms with van der Waals surface area (Å²) in [5, 5.41) is 16.9. The quantitative estimate of drug-likeness (QED) is 0.375. The SMILES string of the molecule is O=C(/C=C/c1ccsc1)NCCN1C(=O)S/C(=C\c2ccc(Cl)c([N+](=O)[O-])c2)C1=O. The number of halogens is 1. The van der Waals surface area contributed by atoms with E-state index in [4.69, 9.17) is 11.6 Å². The van der Waals surface area contributed by atoms with Crippen LogP contribution >= 0.6 is 34.7 Å². The van der Waals surface area contributed by atoms with Gasteiger partial charge in [0.25, 0.3) is 16.8 Å². The van der Waals surface area contributed by atoms with Gasteiger partial charge in [-0.3, -0.25) is 29.4 Å². The van der Waals surface area contributed by atoms with Crippen LogP contribution in [0.4, 0.5) is 10.5 Å². The molecular weight excluding hydrogens is 450 g/mol. The molecule has 0 unspecified atom stereocenters. The lowest BCUT2D eigenvalue weighted by atomic mass is 10.2. The van der Waals surface area contributed by atoms with Crippen molar-refractivity contribution >= 4 is 69.6 Å². The van der Waals surface area contributed by atoms with Crippen molar-refractivity contribution in [2.75, 3.05) is 13.1 Å². The molecule has 0 bridgehead atoms. The lowest BCUT2D eigenvalue weighted by molar-refractivity contribution is -0.384. The van der Waals surface area contributed by atoms with Crippen molar-refractivity contribution in [3.63, 3.8) is 0 Å². The maximum atomic E-state index is 12.5. The third kappa shape index (κ3) is 5.35. The Morgan fingerprint density at radius 1 is 1.27 bits per heavy atom. The molecule has 1 saturated heterocycles. The van der Waals surface area contributed by atoms with Crippen LogP contribution in [0.5, 0.6) is 0 Å². The van der Waals surface area contributed by atoms with E-state index in [2.05, 4.69) is 5.32 Å². The van der Waals surface area contributed by atoms with Crippen molar-refractivity contribution in [3.05, 3.63) is 72.3 Å². The number of nitro benzene ring substituents is 1. The zero-order valence-electron chi connectivity index (χ0n) is 15.2. The molecule has 2 aromatic rings. The summed E-state index contributed by atoms with van der Waals surface area (Å²) in [6.45, 7) is 0.116. The van der Waals surface area contributed by atoms with Crippen LogP contribution in [-0.2, 0) is 9.59 Å². The largest absolute Gasteiger partial charge is 0.351 e. The fourth-order valence-electron chi connectivity index (χ4n) is 2.50. The van der Waals surface area contributed by atoms with E-state index in [1.54, 1.807) is 6.08 Å². The Morgan fingerprint density at radius 3 is 2.77 bits per heavy atom. The van der Waals surface area contributed by atoms with Crippen molar-refractivity contribution < 1.29 is 19.3 Å². The predicted molar refractivity (Wildman–Crippen MR) is 117 cm³/mol. The highest BCUT2D eigenvalue weighted by molar-refractivity contribution is 8.18. The minimum Gasteiger partial charge on any atom is -0.351 e. The number of thiophene rings is 1. The van der Waals surface area contributed by atoms with Crippen molar-refractivity contribution in [3.8, 4) is 0 Å². The van der Waals surface area contributed by atoms with E-state index in [1.807, 2.05) is 16.8 Å². The van der Waals surface area contributed by atoms with Gasteiger partial charge in [-0.2, -0.15) is 11.3 Å². The first-order valence-corrected chi connectivity index (χ1v) is 10.7. The molecule has 1 aromatic carbocycles. The van der Waals surface area contributed by atoms with Gasteiger partial charge in [-0.15, -0.1) is 0 Å². The van der Waals surface area contributed by atoms with Gasteiger partial charge < -0.3 is 5.32 Å². The van der Waals surface area contributed by atoms with E-state index < -0.39 is 16.1 Å². The van der Waals surface area contributed by atoms with Gasteiger partial charge in [0, 0.05) is 25.2 Å².